The zero-order valence-corrected chi connectivity index (χ0v) is 8.43. The van der Waals surface area contributed by atoms with Gasteiger partial charge in [-0.1, -0.05) is 6.07 Å². The van der Waals surface area contributed by atoms with E-state index in [1.807, 2.05) is 30.9 Å². The first-order chi connectivity index (χ1) is 6.31. The van der Waals surface area contributed by atoms with Crippen LogP contribution in [0.15, 0.2) is 23.6 Å². The van der Waals surface area contributed by atoms with E-state index in [1.165, 1.54) is 4.88 Å². The molecule has 0 aliphatic heterocycles. The minimum Gasteiger partial charge on any atom is -0.372 e. The normalized spacial score (nSPS) is 10.3. The lowest BCUT2D eigenvalue weighted by Gasteiger charge is -1.95. The Morgan fingerprint density at radius 1 is 1.54 bits per heavy atom. The van der Waals surface area contributed by atoms with Crippen molar-refractivity contribution in [2.75, 3.05) is 12.4 Å². The van der Waals surface area contributed by atoms with Crippen molar-refractivity contribution in [1.82, 2.24) is 9.78 Å². The summed E-state index contributed by atoms with van der Waals surface area (Å²) in [6, 6.07) is 6.19. The Morgan fingerprint density at radius 3 is 2.92 bits per heavy atom. The van der Waals surface area contributed by atoms with Crippen LogP contribution < -0.4 is 5.32 Å². The minimum absolute atomic E-state index is 0.908. The quantitative estimate of drug-likeness (QED) is 0.792. The number of nitrogens with zero attached hydrogens (tertiary/aromatic N) is 2. The second kappa shape index (κ2) is 3.22. The maximum absolute atomic E-state index is 4.30. The Labute approximate surface area is 81.0 Å². The molecule has 2 rings (SSSR count). The lowest BCUT2D eigenvalue weighted by atomic mass is 10.3. The molecule has 4 heteroatoms. The zero-order chi connectivity index (χ0) is 9.26. The molecule has 2 aromatic rings. The molecule has 2 heterocycles. The standard InChI is InChI=1S/C9H11N3S/c1-10-9-6-7(12(2)11-9)8-4-3-5-13-8/h3-6H,1-2H3,(H,10,11). The van der Waals surface area contributed by atoms with Crippen molar-refractivity contribution in [2.45, 2.75) is 0 Å². The van der Waals surface area contributed by atoms with Crippen molar-refractivity contribution >= 4 is 17.2 Å². The fourth-order valence-corrected chi connectivity index (χ4v) is 2.02. The zero-order valence-electron chi connectivity index (χ0n) is 7.61. The number of rotatable bonds is 2. The third-order valence-corrected chi connectivity index (χ3v) is 2.80. The first-order valence-corrected chi connectivity index (χ1v) is 4.95. The Morgan fingerprint density at radius 2 is 2.38 bits per heavy atom. The minimum atomic E-state index is 0.908. The summed E-state index contributed by atoms with van der Waals surface area (Å²) in [7, 11) is 3.83. The molecule has 13 heavy (non-hydrogen) atoms. The Kier molecular flexibility index (Phi) is 2.06. The Hall–Kier alpha value is -1.29. The van der Waals surface area contributed by atoms with Gasteiger partial charge in [0.05, 0.1) is 10.6 Å². The molecule has 0 aliphatic carbocycles. The first kappa shape index (κ1) is 8.31. The highest BCUT2D eigenvalue weighted by Crippen LogP contribution is 2.25. The number of nitrogens with one attached hydrogen (secondary N) is 1. The van der Waals surface area contributed by atoms with Gasteiger partial charge in [-0.05, 0) is 11.4 Å². The number of thiophene rings is 1. The lowest BCUT2D eigenvalue weighted by molar-refractivity contribution is 0.780. The van der Waals surface area contributed by atoms with Gasteiger partial charge in [0.2, 0.25) is 0 Å². The molecule has 0 saturated carbocycles. The summed E-state index contributed by atoms with van der Waals surface area (Å²) in [6.07, 6.45) is 0. The van der Waals surface area contributed by atoms with E-state index >= 15 is 0 Å². The van der Waals surface area contributed by atoms with Gasteiger partial charge in [0.25, 0.3) is 0 Å². The van der Waals surface area contributed by atoms with Gasteiger partial charge in [-0.3, -0.25) is 4.68 Å². The monoisotopic (exact) mass is 193 g/mol. The van der Waals surface area contributed by atoms with E-state index in [9.17, 15) is 0 Å². The lowest BCUT2D eigenvalue weighted by Crippen LogP contribution is -1.94. The summed E-state index contributed by atoms with van der Waals surface area (Å²) in [5.74, 6) is 0.908. The predicted molar refractivity (Wildman–Crippen MR) is 56.1 cm³/mol. The van der Waals surface area contributed by atoms with Crippen molar-refractivity contribution in [3.05, 3.63) is 23.6 Å². The molecule has 0 radical (unpaired) electrons. The molecule has 3 nitrogen and oxygen atoms in total. The average molecular weight is 193 g/mol. The van der Waals surface area contributed by atoms with Crippen molar-refractivity contribution in [1.29, 1.82) is 0 Å². The molecule has 0 spiro atoms. The Bertz CT molecular complexity index is 389. The second-order valence-corrected chi connectivity index (χ2v) is 3.71. The number of hydrogen-bond acceptors (Lipinski definition) is 3. The molecule has 0 bridgehead atoms. The Balaban J connectivity index is 2.46. The summed E-state index contributed by atoms with van der Waals surface area (Å²) < 4.78 is 1.89. The number of hydrogen-bond donors (Lipinski definition) is 1. The highest BCUT2D eigenvalue weighted by atomic mass is 32.1. The maximum atomic E-state index is 4.30. The first-order valence-electron chi connectivity index (χ1n) is 4.07. The SMILES string of the molecule is CNc1cc(-c2cccs2)n(C)n1. The molecule has 0 aliphatic rings. The molecule has 0 fully saturated rings. The highest BCUT2D eigenvalue weighted by molar-refractivity contribution is 7.13. The third-order valence-electron chi connectivity index (χ3n) is 1.91. The van der Waals surface area contributed by atoms with Crippen LogP contribution in [-0.4, -0.2) is 16.8 Å². The van der Waals surface area contributed by atoms with Crippen LogP contribution in [0.1, 0.15) is 0 Å². The van der Waals surface area contributed by atoms with Crippen molar-refractivity contribution in [2.24, 2.45) is 7.05 Å². The largest absolute Gasteiger partial charge is 0.372 e. The summed E-state index contributed by atoms with van der Waals surface area (Å²) in [6.45, 7) is 0. The maximum Gasteiger partial charge on any atom is 0.148 e. The average Bonchev–Trinajstić information content (AvgIpc) is 2.72. The van der Waals surface area contributed by atoms with Crippen LogP contribution in [0.25, 0.3) is 10.6 Å². The number of aromatic nitrogens is 2. The molecule has 0 atom stereocenters. The van der Waals surface area contributed by atoms with Gasteiger partial charge in [-0.25, -0.2) is 0 Å². The van der Waals surface area contributed by atoms with Crippen LogP contribution in [0, 0.1) is 0 Å². The number of aryl methyl sites for hydroxylation is 1. The van der Waals surface area contributed by atoms with Gasteiger partial charge < -0.3 is 5.32 Å². The topological polar surface area (TPSA) is 29.9 Å². The smallest absolute Gasteiger partial charge is 0.148 e. The van der Waals surface area contributed by atoms with E-state index in [0.717, 1.165) is 11.5 Å². The molecule has 0 amide bonds. The van der Waals surface area contributed by atoms with E-state index in [2.05, 4.69) is 21.9 Å². The van der Waals surface area contributed by atoms with Crippen molar-refractivity contribution in [3.8, 4) is 10.6 Å². The molecule has 1 N–H and O–H groups in total. The molecule has 68 valence electrons. The highest BCUT2D eigenvalue weighted by Gasteiger charge is 2.06. The summed E-state index contributed by atoms with van der Waals surface area (Å²) in [5.41, 5.74) is 1.15. The fourth-order valence-electron chi connectivity index (χ4n) is 1.24. The summed E-state index contributed by atoms with van der Waals surface area (Å²) in [5, 5.41) is 9.39. The molecular formula is C9H11N3S. The van der Waals surface area contributed by atoms with Gasteiger partial charge in [0, 0.05) is 20.2 Å². The van der Waals surface area contributed by atoms with E-state index in [1.54, 1.807) is 11.3 Å². The van der Waals surface area contributed by atoms with Crippen LogP contribution in [0.5, 0.6) is 0 Å². The van der Waals surface area contributed by atoms with Crippen molar-refractivity contribution in [3.63, 3.8) is 0 Å². The van der Waals surface area contributed by atoms with Crippen LogP contribution >= 0.6 is 11.3 Å². The van der Waals surface area contributed by atoms with E-state index in [4.69, 9.17) is 0 Å². The summed E-state index contributed by atoms with van der Waals surface area (Å²) in [4.78, 5) is 1.25. The van der Waals surface area contributed by atoms with Gasteiger partial charge >= 0.3 is 0 Å². The second-order valence-electron chi connectivity index (χ2n) is 2.77. The third kappa shape index (κ3) is 1.45. The van der Waals surface area contributed by atoms with Crippen LogP contribution in [0.3, 0.4) is 0 Å². The van der Waals surface area contributed by atoms with Gasteiger partial charge in [0.15, 0.2) is 0 Å². The molecule has 0 aromatic carbocycles. The van der Waals surface area contributed by atoms with Crippen LogP contribution in [0.2, 0.25) is 0 Å². The predicted octanol–water partition coefficient (Wildman–Crippen LogP) is 2.19. The van der Waals surface area contributed by atoms with E-state index in [-0.39, 0.29) is 0 Å². The summed E-state index contributed by atoms with van der Waals surface area (Å²) >= 11 is 1.73. The van der Waals surface area contributed by atoms with Crippen molar-refractivity contribution < 1.29 is 0 Å². The molecular weight excluding hydrogens is 182 g/mol. The van der Waals surface area contributed by atoms with Gasteiger partial charge in [0.1, 0.15) is 5.82 Å². The van der Waals surface area contributed by atoms with Gasteiger partial charge in [-0.15, -0.1) is 11.3 Å². The molecule has 0 unspecified atom stereocenters. The van der Waals surface area contributed by atoms with E-state index in [0.29, 0.717) is 0 Å². The molecule has 2 aromatic heterocycles. The fraction of sp³-hybridized carbons (Fsp3) is 0.222. The number of anilines is 1. The van der Waals surface area contributed by atoms with Crippen LogP contribution in [-0.2, 0) is 7.05 Å². The van der Waals surface area contributed by atoms with Crippen LogP contribution in [0.4, 0.5) is 5.82 Å². The van der Waals surface area contributed by atoms with Gasteiger partial charge in [-0.2, -0.15) is 5.10 Å². The molecule has 0 saturated heterocycles. The van der Waals surface area contributed by atoms with E-state index < -0.39 is 0 Å².